The highest BCUT2D eigenvalue weighted by Gasteiger charge is 2.19. The summed E-state index contributed by atoms with van der Waals surface area (Å²) in [6.07, 6.45) is 13.9. The quantitative estimate of drug-likeness (QED) is 0.583. The van der Waals surface area contributed by atoms with Gasteiger partial charge in [0.05, 0.1) is 4.48 Å². The van der Waals surface area contributed by atoms with Gasteiger partial charge in [0.25, 0.3) is 0 Å². The number of halogens is 1. The second kappa shape index (κ2) is 12.0. The van der Waals surface area contributed by atoms with Crippen LogP contribution >= 0.6 is 15.9 Å². The summed E-state index contributed by atoms with van der Waals surface area (Å²) in [7, 11) is 0. The molecule has 2 N–H and O–H groups in total. The number of rotatable bonds is 8. The first-order valence-corrected chi connectivity index (χ1v) is 10.9. The number of hydrogen-bond donors (Lipinski definition) is 2. The minimum absolute atomic E-state index is 0.317. The zero-order valence-corrected chi connectivity index (χ0v) is 18.4. The third-order valence-corrected chi connectivity index (χ3v) is 5.84. The molecule has 1 aromatic rings. The number of unbranched alkanes of at least 4 members (excludes halogenated alkanes) is 1. The maximum Gasteiger partial charge on any atom is 0.0540 e. The fraction of sp³-hybridized carbons (Fsp3) is 0.545. The largest absolute Gasteiger partial charge is 0.384 e. The van der Waals surface area contributed by atoms with Crippen molar-refractivity contribution in [2.24, 2.45) is 10.9 Å². The van der Waals surface area contributed by atoms with Crippen LogP contribution in [0.1, 0.15) is 58.4 Å². The topological polar surface area (TPSA) is 49.3 Å². The molecule has 0 radical (unpaired) electrons. The van der Waals surface area contributed by atoms with Crippen molar-refractivity contribution >= 4 is 22.1 Å². The Morgan fingerprint density at radius 2 is 2.22 bits per heavy atom. The van der Waals surface area contributed by atoms with Gasteiger partial charge in [-0.15, -0.1) is 0 Å². The highest BCUT2D eigenvalue weighted by Crippen LogP contribution is 2.22. The molecule has 0 bridgehead atoms. The molecular weight excluding hydrogens is 400 g/mol. The SMILES string of the molecule is CCCCC(CC)C1/C=C(/NCc2cccnc2)CCN=C/C(Br)=C(\C)N1. The maximum absolute atomic E-state index is 4.55. The van der Waals surface area contributed by atoms with Crippen LogP contribution in [0.5, 0.6) is 0 Å². The molecule has 148 valence electrons. The summed E-state index contributed by atoms with van der Waals surface area (Å²) in [4.78, 5) is 8.76. The molecule has 0 saturated carbocycles. The van der Waals surface area contributed by atoms with E-state index in [2.05, 4.69) is 69.5 Å². The summed E-state index contributed by atoms with van der Waals surface area (Å²) in [6.45, 7) is 8.26. The van der Waals surface area contributed by atoms with Gasteiger partial charge in [0.1, 0.15) is 0 Å². The Morgan fingerprint density at radius 1 is 1.37 bits per heavy atom. The van der Waals surface area contributed by atoms with Gasteiger partial charge in [-0.05, 0) is 52.9 Å². The number of aromatic nitrogens is 1. The summed E-state index contributed by atoms with van der Waals surface area (Å²) in [6, 6.07) is 4.41. The Morgan fingerprint density at radius 3 is 2.93 bits per heavy atom. The number of pyridine rings is 1. The number of allylic oxidation sites excluding steroid dienone is 2. The minimum atomic E-state index is 0.317. The Labute approximate surface area is 172 Å². The molecule has 2 unspecified atom stereocenters. The lowest BCUT2D eigenvalue weighted by atomic mass is 9.90. The van der Waals surface area contributed by atoms with Crippen LogP contribution in [0.2, 0.25) is 0 Å². The van der Waals surface area contributed by atoms with Crippen LogP contribution in [0.15, 0.2) is 51.5 Å². The van der Waals surface area contributed by atoms with E-state index >= 15 is 0 Å². The minimum Gasteiger partial charge on any atom is -0.384 e. The van der Waals surface area contributed by atoms with E-state index in [1.54, 1.807) is 0 Å². The molecular formula is C22H33BrN4. The smallest absolute Gasteiger partial charge is 0.0540 e. The summed E-state index contributed by atoms with van der Waals surface area (Å²) >= 11 is 3.65. The van der Waals surface area contributed by atoms with Gasteiger partial charge in [-0.2, -0.15) is 0 Å². The number of nitrogens with zero attached hydrogens (tertiary/aromatic N) is 2. The van der Waals surface area contributed by atoms with Crippen molar-refractivity contribution in [2.75, 3.05) is 6.54 Å². The predicted octanol–water partition coefficient (Wildman–Crippen LogP) is 5.33. The summed E-state index contributed by atoms with van der Waals surface area (Å²) in [5.41, 5.74) is 3.60. The van der Waals surface area contributed by atoms with Crippen LogP contribution in [0.4, 0.5) is 0 Å². The van der Waals surface area contributed by atoms with Crippen LogP contribution in [-0.2, 0) is 6.54 Å². The zero-order valence-electron chi connectivity index (χ0n) is 16.8. The van der Waals surface area contributed by atoms with Crippen molar-refractivity contribution in [3.63, 3.8) is 0 Å². The average molecular weight is 433 g/mol. The molecule has 2 atom stereocenters. The molecule has 1 aliphatic heterocycles. The first-order chi connectivity index (χ1) is 13.1. The van der Waals surface area contributed by atoms with Crippen molar-refractivity contribution in [2.45, 2.75) is 65.5 Å². The fourth-order valence-electron chi connectivity index (χ4n) is 3.31. The van der Waals surface area contributed by atoms with Crippen molar-refractivity contribution in [1.29, 1.82) is 0 Å². The summed E-state index contributed by atoms with van der Waals surface area (Å²) in [5, 5.41) is 7.36. The molecule has 0 fully saturated rings. The predicted molar refractivity (Wildman–Crippen MR) is 119 cm³/mol. The van der Waals surface area contributed by atoms with Crippen molar-refractivity contribution in [3.05, 3.63) is 52.0 Å². The Kier molecular flexibility index (Phi) is 9.60. The van der Waals surface area contributed by atoms with Crippen molar-refractivity contribution in [1.82, 2.24) is 15.6 Å². The van der Waals surface area contributed by atoms with Gasteiger partial charge < -0.3 is 10.6 Å². The lowest BCUT2D eigenvalue weighted by molar-refractivity contribution is 0.376. The number of nitrogens with one attached hydrogen (secondary N) is 2. The molecule has 0 spiro atoms. The van der Waals surface area contributed by atoms with Crippen LogP contribution in [-0.4, -0.2) is 23.8 Å². The Bertz CT molecular complexity index is 652. The second-order valence-electron chi connectivity index (χ2n) is 7.15. The first-order valence-electron chi connectivity index (χ1n) is 10.1. The van der Waals surface area contributed by atoms with Crippen LogP contribution < -0.4 is 10.6 Å². The molecule has 5 heteroatoms. The Balaban J connectivity index is 2.21. The fourth-order valence-corrected chi connectivity index (χ4v) is 3.57. The lowest BCUT2D eigenvalue weighted by Crippen LogP contribution is -2.35. The Hall–Kier alpha value is -1.62. The summed E-state index contributed by atoms with van der Waals surface area (Å²) in [5.74, 6) is 0.617. The van der Waals surface area contributed by atoms with E-state index in [9.17, 15) is 0 Å². The van der Waals surface area contributed by atoms with E-state index in [-0.39, 0.29) is 0 Å². The average Bonchev–Trinajstić information content (AvgIpc) is 2.69. The van der Waals surface area contributed by atoms with Gasteiger partial charge >= 0.3 is 0 Å². The van der Waals surface area contributed by atoms with Crippen LogP contribution in [0, 0.1) is 5.92 Å². The molecule has 2 heterocycles. The number of hydrogen-bond acceptors (Lipinski definition) is 4. The molecule has 0 aromatic carbocycles. The third-order valence-electron chi connectivity index (χ3n) is 5.04. The van der Waals surface area contributed by atoms with Crippen LogP contribution in [0.3, 0.4) is 0 Å². The lowest BCUT2D eigenvalue weighted by Gasteiger charge is -2.28. The first kappa shape index (κ1) is 21.7. The van der Waals surface area contributed by atoms with Crippen LogP contribution in [0.25, 0.3) is 0 Å². The molecule has 0 saturated heterocycles. The van der Waals surface area contributed by atoms with E-state index in [0.29, 0.717) is 12.0 Å². The van der Waals surface area contributed by atoms with E-state index in [1.807, 2.05) is 24.7 Å². The highest BCUT2D eigenvalue weighted by atomic mass is 79.9. The molecule has 1 aliphatic rings. The van der Waals surface area contributed by atoms with E-state index in [0.717, 1.165) is 29.7 Å². The van der Waals surface area contributed by atoms with Gasteiger partial charge in [-0.1, -0.05) is 39.2 Å². The van der Waals surface area contributed by atoms with Gasteiger partial charge in [0.2, 0.25) is 0 Å². The molecule has 4 nitrogen and oxygen atoms in total. The highest BCUT2D eigenvalue weighted by molar-refractivity contribution is 9.12. The summed E-state index contributed by atoms with van der Waals surface area (Å²) < 4.78 is 1.04. The maximum atomic E-state index is 4.55. The van der Waals surface area contributed by atoms with Gasteiger partial charge in [-0.3, -0.25) is 9.98 Å². The zero-order chi connectivity index (χ0) is 19.5. The molecule has 27 heavy (non-hydrogen) atoms. The molecule has 0 amide bonds. The van der Waals surface area contributed by atoms with Crippen molar-refractivity contribution < 1.29 is 0 Å². The monoisotopic (exact) mass is 432 g/mol. The van der Waals surface area contributed by atoms with E-state index < -0.39 is 0 Å². The molecule has 0 aliphatic carbocycles. The molecule has 1 aromatic heterocycles. The second-order valence-corrected chi connectivity index (χ2v) is 8.00. The third kappa shape index (κ3) is 7.49. The van der Waals surface area contributed by atoms with Gasteiger partial charge in [-0.25, -0.2) is 0 Å². The van der Waals surface area contributed by atoms with Gasteiger partial charge in [0, 0.05) is 55.6 Å². The van der Waals surface area contributed by atoms with Gasteiger partial charge in [0.15, 0.2) is 0 Å². The van der Waals surface area contributed by atoms with E-state index in [1.165, 1.54) is 36.9 Å². The number of aliphatic imine (C=N–C) groups is 1. The molecule has 2 rings (SSSR count). The van der Waals surface area contributed by atoms with E-state index in [4.69, 9.17) is 0 Å². The normalized spacial score (nSPS) is 23.9. The van der Waals surface area contributed by atoms with Crippen molar-refractivity contribution in [3.8, 4) is 0 Å². The standard InChI is InChI=1S/C22H33BrN4/c1-4-6-9-19(5-2)22-13-20(26-15-18-8-7-11-24-14-18)10-12-25-16-21(23)17(3)27-22/h7-8,11,13-14,16,19,22,26-27H,4-6,9-10,12,15H2,1-3H3/b20-13+,21-17-,25-16?.